The van der Waals surface area contributed by atoms with Crippen LogP contribution in [-0.4, -0.2) is 11.9 Å². The van der Waals surface area contributed by atoms with Crippen molar-refractivity contribution in [3.05, 3.63) is 59.7 Å². The molecular weight excluding hydrogens is 260 g/mol. The number of carbonyl (C=O) groups excluding carboxylic acids is 1. The highest BCUT2D eigenvalue weighted by Gasteiger charge is 2.19. The molecule has 0 aromatic heterocycles. The maximum absolute atomic E-state index is 11.8. The summed E-state index contributed by atoms with van der Waals surface area (Å²) < 4.78 is 0. The predicted molar refractivity (Wildman–Crippen MR) is 86.6 cm³/mol. The Morgan fingerprint density at radius 1 is 1.05 bits per heavy atom. The molecule has 108 valence electrons. The Balaban J connectivity index is 1.83. The second kappa shape index (κ2) is 6.00. The zero-order valence-corrected chi connectivity index (χ0v) is 12.2. The number of hydrogen-bond donors (Lipinski definition) is 2. The molecule has 3 heteroatoms. The first-order chi connectivity index (χ1) is 10.2. The van der Waals surface area contributed by atoms with Crippen molar-refractivity contribution in [3.8, 4) is 0 Å². The standard InChI is InChI=1S/C18H20N2O/c1-13-12-17(21)20-16-9-5-8-15(18(16)19-13)11-10-14-6-3-2-4-7-14/h2-9,13,19H,10-12H2,1H3,(H,20,21)/t13-/m1/s1. The SMILES string of the molecule is C[C@@H]1CC(=O)Nc2cccc(CCc3ccccc3)c2N1. The van der Waals surface area contributed by atoms with Gasteiger partial charge in [0.1, 0.15) is 0 Å². The van der Waals surface area contributed by atoms with E-state index in [2.05, 4.69) is 41.0 Å². The maximum atomic E-state index is 11.8. The van der Waals surface area contributed by atoms with Gasteiger partial charge in [-0.3, -0.25) is 4.79 Å². The third-order valence-electron chi connectivity index (χ3n) is 3.83. The molecule has 2 aromatic carbocycles. The molecule has 0 aliphatic carbocycles. The monoisotopic (exact) mass is 280 g/mol. The minimum absolute atomic E-state index is 0.0777. The Kier molecular flexibility index (Phi) is 3.91. The van der Waals surface area contributed by atoms with Gasteiger partial charge in [0.05, 0.1) is 11.4 Å². The molecule has 1 aliphatic rings. The number of amides is 1. The van der Waals surface area contributed by atoms with Gasteiger partial charge in [-0.2, -0.15) is 0 Å². The lowest BCUT2D eigenvalue weighted by Crippen LogP contribution is -2.19. The average Bonchev–Trinajstić information content (AvgIpc) is 2.63. The Morgan fingerprint density at radius 2 is 1.86 bits per heavy atom. The van der Waals surface area contributed by atoms with E-state index in [1.807, 2.05) is 25.1 Å². The van der Waals surface area contributed by atoms with Crippen LogP contribution < -0.4 is 10.6 Å². The van der Waals surface area contributed by atoms with E-state index in [4.69, 9.17) is 0 Å². The first-order valence-electron chi connectivity index (χ1n) is 7.44. The highest BCUT2D eigenvalue weighted by molar-refractivity contribution is 5.97. The van der Waals surface area contributed by atoms with E-state index in [-0.39, 0.29) is 11.9 Å². The molecule has 1 aliphatic heterocycles. The van der Waals surface area contributed by atoms with E-state index in [9.17, 15) is 4.79 Å². The summed E-state index contributed by atoms with van der Waals surface area (Å²) in [5.74, 6) is 0.0777. The number of aryl methyl sites for hydroxylation is 2. The van der Waals surface area contributed by atoms with Crippen molar-refractivity contribution in [1.29, 1.82) is 0 Å². The molecule has 0 spiro atoms. The second-order valence-electron chi connectivity index (χ2n) is 5.62. The number of nitrogens with one attached hydrogen (secondary N) is 2. The minimum atomic E-state index is 0.0777. The van der Waals surface area contributed by atoms with Gasteiger partial charge in [0.15, 0.2) is 0 Å². The normalized spacial score (nSPS) is 17.4. The molecule has 0 bridgehead atoms. The molecule has 1 atom stereocenters. The van der Waals surface area contributed by atoms with Crippen molar-refractivity contribution in [2.45, 2.75) is 32.2 Å². The lowest BCUT2D eigenvalue weighted by atomic mass is 10.0. The smallest absolute Gasteiger partial charge is 0.226 e. The molecule has 0 fully saturated rings. The van der Waals surface area contributed by atoms with Crippen molar-refractivity contribution in [1.82, 2.24) is 0 Å². The summed E-state index contributed by atoms with van der Waals surface area (Å²) in [7, 11) is 0. The molecule has 0 radical (unpaired) electrons. The Morgan fingerprint density at radius 3 is 2.67 bits per heavy atom. The fourth-order valence-electron chi connectivity index (χ4n) is 2.78. The zero-order valence-electron chi connectivity index (χ0n) is 12.2. The van der Waals surface area contributed by atoms with Gasteiger partial charge in [-0.1, -0.05) is 42.5 Å². The average molecular weight is 280 g/mol. The van der Waals surface area contributed by atoms with Crippen LogP contribution in [0.5, 0.6) is 0 Å². The van der Waals surface area contributed by atoms with Crippen molar-refractivity contribution < 1.29 is 4.79 Å². The van der Waals surface area contributed by atoms with Crippen LogP contribution in [0.1, 0.15) is 24.5 Å². The summed E-state index contributed by atoms with van der Waals surface area (Å²) in [6.45, 7) is 2.04. The molecule has 0 saturated heterocycles. The number of rotatable bonds is 3. The molecule has 1 heterocycles. The van der Waals surface area contributed by atoms with E-state index < -0.39 is 0 Å². The van der Waals surface area contributed by atoms with Crippen LogP contribution in [0, 0.1) is 0 Å². The van der Waals surface area contributed by atoms with Crippen molar-refractivity contribution in [2.75, 3.05) is 10.6 Å². The molecular formula is C18H20N2O. The molecule has 0 unspecified atom stereocenters. The third kappa shape index (κ3) is 3.24. The predicted octanol–water partition coefficient (Wildman–Crippen LogP) is 3.61. The van der Waals surface area contributed by atoms with Crippen LogP contribution >= 0.6 is 0 Å². The second-order valence-corrected chi connectivity index (χ2v) is 5.62. The van der Waals surface area contributed by atoms with Crippen LogP contribution in [0.3, 0.4) is 0 Å². The fourth-order valence-corrected chi connectivity index (χ4v) is 2.78. The van der Waals surface area contributed by atoms with Crippen LogP contribution in [-0.2, 0) is 17.6 Å². The zero-order chi connectivity index (χ0) is 14.7. The number of anilines is 2. The molecule has 21 heavy (non-hydrogen) atoms. The highest BCUT2D eigenvalue weighted by atomic mass is 16.1. The van der Waals surface area contributed by atoms with Crippen LogP contribution in [0.2, 0.25) is 0 Å². The number of para-hydroxylation sites is 1. The molecule has 3 rings (SSSR count). The molecule has 1 amide bonds. The van der Waals surface area contributed by atoms with Crippen LogP contribution in [0.4, 0.5) is 11.4 Å². The van der Waals surface area contributed by atoms with Gasteiger partial charge >= 0.3 is 0 Å². The van der Waals surface area contributed by atoms with Crippen molar-refractivity contribution in [2.24, 2.45) is 0 Å². The minimum Gasteiger partial charge on any atom is -0.380 e. The highest BCUT2D eigenvalue weighted by Crippen LogP contribution is 2.30. The summed E-state index contributed by atoms with van der Waals surface area (Å²) in [6.07, 6.45) is 2.47. The lowest BCUT2D eigenvalue weighted by Gasteiger charge is -2.16. The largest absolute Gasteiger partial charge is 0.380 e. The van der Waals surface area contributed by atoms with Gasteiger partial charge in [0.25, 0.3) is 0 Å². The van der Waals surface area contributed by atoms with Crippen LogP contribution in [0.25, 0.3) is 0 Å². The summed E-state index contributed by atoms with van der Waals surface area (Å²) in [4.78, 5) is 11.8. The first kappa shape index (κ1) is 13.7. The first-order valence-corrected chi connectivity index (χ1v) is 7.44. The van der Waals surface area contributed by atoms with Crippen molar-refractivity contribution in [3.63, 3.8) is 0 Å². The van der Waals surface area contributed by atoms with Gasteiger partial charge in [-0.05, 0) is 37.0 Å². The van der Waals surface area contributed by atoms with Gasteiger partial charge < -0.3 is 10.6 Å². The van der Waals surface area contributed by atoms with E-state index in [0.717, 1.165) is 24.2 Å². The maximum Gasteiger partial charge on any atom is 0.226 e. The van der Waals surface area contributed by atoms with E-state index in [1.54, 1.807) is 0 Å². The topological polar surface area (TPSA) is 41.1 Å². The van der Waals surface area contributed by atoms with Crippen molar-refractivity contribution >= 4 is 17.3 Å². The Labute approximate surface area is 125 Å². The van der Waals surface area contributed by atoms with E-state index in [0.29, 0.717) is 6.42 Å². The van der Waals surface area contributed by atoms with Gasteiger partial charge in [0, 0.05) is 12.5 Å². The number of carbonyl (C=O) groups is 1. The number of hydrogen-bond acceptors (Lipinski definition) is 2. The number of benzene rings is 2. The van der Waals surface area contributed by atoms with Gasteiger partial charge in [0.2, 0.25) is 5.91 Å². The lowest BCUT2D eigenvalue weighted by molar-refractivity contribution is -0.116. The van der Waals surface area contributed by atoms with Gasteiger partial charge in [-0.15, -0.1) is 0 Å². The molecule has 2 aromatic rings. The fraction of sp³-hybridized carbons (Fsp3) is 0.278. The Bertz CT molecular complexity index is 637. The third-order valence-corrected chi connectivity index (χ3v) is 3.83. The summed E-state index contributed by atoms with van der Waals surface area (Å²) in [5.41, 5.74) is 4.56. The number of fused-ring (bicyclic) bond motifs is 1. The summed E-state index contributed by atoms with van der Waals surface area (Å²) in [6, 6.07) is 16.8. The Hall–Kier alpha value is -2.29. The summed E-state index contributed by atoms with van der Waals surface area (Å²) in [5, 5.41) is 6.46. The molecule has 2 N–H and O–H groups in total. The molecule has 3 nitrogen and oxygen atoms in total. The summed E-state index contributed by atoms with van der Waals surface area (Å²) >= 11 is 0. The molecule has 0 saturated carbocycles. The van der Waals surface area contributed by atoms with E-state index in [1.165, 1.54) is 11.1 Å². The van der Waals surface area contributed by atoms with E-state index >= 15 is 0 Å². The van der Waals surface area contributed by atoms with Gasteiger partial charge in [-0.25, -0.2) is 0 Å². The van der Waals surface area contributed by atoms with Crippen LogP contribution in [0.15, 0.2) is 48.5 Å². The quantitative estimate of drug-likeness (QED) is 0.901.